The fraction of sp³-hybridized carbons (Fsp3) is 0.381. The Bertz CT molecular complexity index is 839. The van der Waals surface area contributed by atoms with Crippen molar-refractivity contribution in [2.24, 2.45) is 0 Å². The van der Waals surface area contributed by atoms with Crippen molar-refractivity contribution in [3.8, 4) is 18.1 Å². The zero-order chi connectivity index (χ0) is 19.3. The Labute approximate surface area is 159 Å². The fourth-order valence-electron chi connectivity index (χ4n) is 2.74. The monoisotopic (exact) mass is 373 g/mol. The molecular weight excluding hydrogens is 350 g/mol. The number of carbonyl (C=O) groups is 1. The molecule has 0 bridgehead atoms. The topological polar surface area (TPSA) is 47.6 Å². The maximum Gasteiger partial charge on any atom is 0.261 e. The Kier molecular flexibility index (Phi) is 6.52. The van der Waals surface area contributed by atoms with E-state index in [4.69, 9.17) is 27.5 Å². The summed E-state index contributed by atoms with van der Waals surface area (Å²) in [6, 6.07) is 9.26. The fourth-order valence-corrected chi connectivity index (χ4v) is 3.03. The molecule has 0 heterocycles. The van der Waals surface area contributed by atoms with Gasteiger partial charge in [0.05, 0.1) is 17.2 Å². The molecule has 4 nitrogen and oxygen atoms in total. The van der Waals surface area contributed by atoms with Gasteiger partial charge in [0.1, 0.15) is 5.75 Å². The van der Waals surface area contributed by atoms with E-state index in [-0.39, 0.29) is 5.91 Å². The van der Waals surface area contributed by atoms with Gasteiger partial charge in [0, 0.05) is 18.1 Å². The van der Waals surface area contributed by atoms with Crippen LogP contribution in [0, 0.1) is 12.3 Å². The molecule has 2 aromatic rings. The van der Waals surface area contributed by atoms with E-state index in [2.05, 4.69) is 11.2 Å². The van der Waals surface area contributed by atoms with E-state index in [9.17, 15) is 4.79 Å². The number of ether oxygens (including phenoxy) is 2. The summed E-state index contributed by atoms with van der Waals surface area (Å²) < 4.78 is 11.1. The molecule has 0 spiro atoms. The number of rotatable bonds is 7. The van der Waals surface area contributed by atoms with Crippen molar-refractivity contribution in [3.05, 3.63) is 40.9 Å². The van der Waals surface area contributed by atoms with Crippen LogP contribution in [0.25, 0.3) is 10.8 Å². The van der Waals surface area contributed by atoms with Gasteiger partial charge in [-0.3, -0.25) is 4.79 Å². The normalized spacial score (nSPS) is 12.5. The van der Waals surface area contributed by atoms with Crippen LogP contribution in [0.15, 0.2) is 30.3 Å². The van der Waals surface area contributed by atoms with Crippen molar-refractivity contribution >= 4 is 28.3 Å². The van der Waals surface area contributed by atoms with Gasteiger partial charge < -0.3 is 14.8 Å². The molecule has 1 amide bonds. The zero-order valence-corrected chi connectivity index (χ0v) is 16.3. The Morgan fingerprint density at radius 2 is 2.04 bits per heavy atom. The Morgan fingerprint density at radius 3 is 2.65 bits per heavy atom. The quantitative estimate of drug-likeness (QED) is 0.741. The second-order valence-electron chi connectivity index (χ2n) is 6.78. The number of halogens is 1. The first-order valence-corrected chi connectivity index (χ1v) is 8.85. The van der Waals surface area contributed by atoms with Crippen molar-refractivity contribution in [3.63, 3.8) is 0 Å². The van der Waals surface area contributed by atoms with Crippen LogP contribution in [0.3, 0.4) is 0 Å². The van der Waals surface area contributed by atoms with Crippen LogP contribution in [0.4, 0.5) is 0 Å². The van der Waals surface area contributed by atoms with Crippen LogP contribution in [-0.2, 0) is 9.53 Å². The van der Waals surface area contributed by atoms with Gasteiger partial charge in [-0.15, -0.1) is 6.42 Å². The van der Waals surface area contributed by atoms with Crippen LogP contribution in [0.5, 0.6) is 5.75 Å². The van der Waals surface area contributed by atoms with E-state index in [1.54, 1.807) is 7.11 Å². The Hall–Kier alpha value is -2.22. The molecule has 1 N–H and O–H groups in total. The number of carbonyl (C=O) groups excluding carboxylic acids is 1. The molecule has 1 atom stereocenters. The highest BCUT2D eigenvalue weighted by molar-refractivity contribution is 6.36. The summed E-state index contributed by atoms with van der Waals surface area (Å²) in [7, 11) is 1.60. The van der Waals surface area contributed by atoms with Crippen LogP contribution >= 0.6 is 11.6 Å². The number of methoxy groups -OCH3 is 1. The van der Waals surface area contributed by atoms with Crippen molar-refractivity contribution in [1.29, 1.82) is 0 Å². The lowest BCUT2D eigenvalue weighted by Gasteiger charge is -2.28. The van der Waals surface area contributed by atoms with Gasteiger partial charge in [0.2, 0.25) is 0 Å². The molecule has 0 saturated carbocycles. The Balaban J connectivity index is 2.23. The second kappa shape index (κ2) is 8.44. The number of amides is 1. The molecule has 2 aromatic carbocycles. The first-order valence-electron chi connectivity index (χ1n) is 8.47. The molecule has 0 aliphatic rings. The highest BCUT2D eigenvalue weighted by Crippen LogP contribution is 2.30. The van der Waals surface area contributed by atoms with Crippen LogP contribution < -0.4 is 10.1 Å². The van der Waals surface area contributed by atoms with E-state index in [1.807, 2.05) is 51.1 Å². The van der Waals surface area contributed by atoms with E-state index >= 15 is 0 Å². The lowest BCUT2D eigenvalue weighted by molar-refractivity contribution is -0.130. The first kappa shape index (κ1) is 20.1. The average molecular weight is 374 g/mol. The van der Waals surface area contributed by atoms with Crippen molar-refractivity contribution < 1.29 is 14.3 Å². The SMILES string of the molecule is C#Cc1ccc2ccc(OC(CC)C(=O)NC(C)(C)COC)cc2c1Cl. The van der Waals surface area contributed by atoms with E-state index in [1.165, 1.54) is 0 Å². The lowest BCUT2D eigenvalue weighted by atomic mass is 10.1. The molecule has 0 aromatic heterocycles. The molecule has 1 unspecified atom stereocenters. The summed E-state index contributed by atoms with van der Waals surface area (Å²) in [6.07, 6.45) is 5.40. The molecule has 0 saturated heterocycles. The maximum absolute atomic E-state index is 12.6. The van der Waals surface area contributed by atoms with Gasteiger partial charge in [-0.2, -0.15) is 0 Å². The van der Waals surface area contributed by atoms with E-state index in [0.29, 0.717) is 29.4 Å². The van der Waals surface area contributed by atoms with Crippen LogP contribution in [0.2, 0.25) is 5.02 Å². The predicted molar refractivity (Wildman–Crippen MR) is 106 cm³/mol. The number of benzene rings is 2. The van der Waals surface area contributed by atoms with Crippen LogP contribution in [-0.4, -0.2) is 31.3 Å². The molecule has 0 aliphatic carbocycles. The van der Waals surface area contributed by atoms with Crippen LogP contribution in [0.1, 0.15) is 32.8 Å². The highest BCUT2D eigenvalue weighted by atomic mass is 35.5. The Morgan fingerprint density at radius 1 is 1.35 bits per heavy atom. The smallest absolute Gasteiger partial charge is 0.261 e. The minimum Gasteiger partial charge on any atom is -0.481 e. The summed E-state index contributed by atoms with van der Waals surface area (Å²) in [5.41, 5.74) is 0.152. The molecule has 26 heavy (non-hydrogen) atoms. The molecule has 0 radical (unpaired) electrons. The summed E-state index contributed by atoms with van der Waals surface area (Å²) in [6.45, 7) is 6.12. The van der Waals surface area contributed by atoms with Crippen molar-refractivity contribution in [2.45, 2.75) is 38.8 Å². The standard InChI is InChI=1S/C21H24ClNO3/c1-6-14-8-9-15-10-11-16(12-17(15)19(14)22)26-18(7-2)20(24)23-21(3,4)13-25-5/h1,8-12,18H,7,13H2,2-5H3,(H,23,24). The summed E-state index contributed by atoms with van der Waals surface area (Å²) in [5.74, 6) is 2.95. The molecular formula is C21H24ClNO3. The van der Waals surface area contributed by atoms with E-state index < -0.39 is 11.6 Å². The summed E-state index contributed by atoms with van der Waals surface area (Å²) in [4.78, 5) is 12.6. The maximum atomic E-state index is 12.6. The number of nitrogens with one attached hydrogen (secondary N) is 1. The second-order valence-corrected chi connectivity index (χ2v) is 7.15. The van der Waals surface area contributed by atoms with Gasteiger partial charge in [0.25, 0.3) is 5.91 Å². The number of hydrogen-bond acceptors (Lipinski definition) is 3. The first-order chi connectivity index (χ1) is 12.3. The lowest BCUT2D eigenvalue weighted by Crippen LogP contribution is -2.51. The van der Waals surface area contributed by atoms with E-state index in [0.717, 1.165) is 10.8 Å². The molecule has 2 rings (SSSR count). The largest absolute Gasteiger partial charge is 0.481 e. The van der Waals surface area contributed by atoms with Gasteiger partial charge in [-0.1, -0.05) is 36.6 Å². The predicted octanol–water partition coefficient (Wildman–Crippen LogP) is 4.17. The van der Waals surface area contributed by atoms with Crippen molar-refractivity contribution in [2.75, 3.05) is 13.7 Å². The van der Waals surface area contributed by atoms with Gasteiger partial charge in [-0.05, 0) is 43.9 Å². The van der Waals surface area contributed by atoms with Gasteiger partial charge in [0.15, 0.2) is 6.10 Å². The van der Waals surface area contributed by atoms with Crippen molar-refractivity contribution in [1.82, 2.24) is 5.32 Å². The zero-order valence-electron chi connectivity index (χ0n) is 15.6. The molecule has 0 fully saturated rings. The summed E-state index contributed by atoms with van der Waals surface area (Å²) in [5, 5.41) is 5.22. The highest BCUT2D eigenvalue weighted by Gasteiger charge is 2.26. The van der Waals surface area contributed by atoms with Gasteiger partial charge in [-0.25, -0.2) is 0 Å². The minimum atomic E-state index is -0.613. The molecule has 5 heteroatoms. The summed E-state index contributed by atoms with van der Waals surface area (Å²) >= 11 is 6.38. The number of terminal acetylenes is 1. The third kappa shape index (κ3) is 4.69. The minimum absolute atomic E-state index is 0.182. The molecule has 0 aliphatic heterocycles. The third-order valence-electron chi connectivity index (χ3n) is 3.99. The molecule has 138 valence electrons. The number of hydrogen-bond donors (Lipinski definition) is 1. The third-order valence-corrected chi connectivity index (χ3v) is 4.40. The van der Waals surface area contributed by atoms with Gasteiger partial charge >= 0.3 is 0 Å². The average Bonchev–Trinajstić information content (AvgIpc) is 2.59. The number of fused-ring (bicyclic) bond motifs is 1.